The van der Waals surface area contributed by atoms with E-state index in [1.807, 2.05) is 0 Å². The number of epoxide rings is 1. The molecule has 12 heteroatoms. The van der Waals surface area contributed by atoms with Crippen molar-refractivity contribution >= 4 is 22.1 Å². The second-order valence-corrected chi connectivity index (χ2v) is 7.80. The highest BCUT2D eigenvalue weighted by Crippen LogP contribution is 2.34. The van der Waals surface area contributed by atoms with Crippen molar-refractivity contribution in [2.45, 2.75) is 44.1 Å². The monoisotopic (exact) mass is 404 g/mol. The molecule has 2 rings (SSSR count). The molecular weight excluding hydrogens is 385 g/mol. The van der Waals surface area contributed by atoms with Crippen molar-refractivity contribution in [1.29, 1.82) is 0 Å². The fourth-order valence-corrected chi connectivity index (χ4v) is 3.40. The number of hydrogen-bond acceptors (Lipinski definition) is 7. The van der Waals surface area contributed by atoms with Crippen molar-refractivity contribution < 1.29 is 49.9 Å². The number of esters is 2. The Morgan fingerprint density at radius 2 is 1.69 bits per heavy atom. The molecule has 8 nitrogen and oxygen atoms in total. The molecule has 0 aromatic rings. The lowest BCUT2D eigenvalue weighted by Gasteiger charge is -2.30. The molecule has 1 aliphatic heterocycles. The van der Waals surface area contributed by atoms with E-state index >= 15 is 0 Å². The van der Waals surface area contributed by atoms with Crippen molar-refractivity contribution in [1.82, 2.24) is 0 Å². The van der Waals surface area contributed by atoms with E-state index in [1.54, 1.807) is 0 Å². The lowest BCUT2D eigenvalue weighted by atomic mass is 9.79. The number of halogens is 3. The Morgan fingerprint density at radius 1 is 1.15 bits per heavy atom. The highest BCUT2D eigenvalue weighted by Gasteiger charge is 2.48. The molecule has 0 radical (unpaired) electrons. The molecule has 1 N–H and O–H groups in total. The highest BCUT2D eigenvalue weighted by molar-refractivity contribution is 7.85. The van der Waals surface area contributed by atoms with Crippen molar-refractivity contribution in [2.75, 3.05) is 19.0 Å². The van der Waals surface area contributed by atoms with Gasteiger partial charge in [0, 0.05) is 0 Å². The number of hydrogen-bond donors (Lipinski definition) is 1. The van der Waals surface area contributed by atoms with E-state index in [0.29, 0.717) is 19.4 Å². The highest BCUT2D eigenvalue weighted by atomic mass is 32.2. The summed E-state index contributed by atoms with van der Waals surface area (Å²) in [5.41, 5.74) is 0. The zero-order valence-corrected chi connectivity index (χ0v) is 14.4. The summed E-state index contributed by atoms with van der Waals surface area (Å²) in [6, 6.07) is 0. The molecular formula is C14H19F3O8S. The average molecular weight is 404 g/mol. The molecule has 4 unspecified atom stereocenters. The van der Waals surface area contributed by atoms with Crippen molar-refractivity contribution in [2.24, 2.45) is 11.8 Å². The van der Waals surface area contributed by atoms with E-state index < -0.39 is 51.9 Å². The van der Waals surface area contributed by atoms with Crippen molar-refractivity contribution in [3.8, 4) is 0 Å². The fraction of sp³-hybridized carbons (Fsp3) is 0.857. The largest absolute Gasteiger partial charge is 0.463 e. The normalized spacial score (nSPS) is 27.5. The Balaban J connectivity index is 2.03. The van der Waals surface area contributed by atoms with E-state index in [2.05, 4.69) is 4.74 Å². The molecule has 0 bridgehead atoms. The first kappa shape index (κ1) is 20.9. The zero-order chi connectivity index (χ0) is 19.5. The second kappa shape index (κ2) is 8.09. The van der Waals surface area contributed by atoms with E-state index in [-0.39, 0.29) is 25.6 Å². The van der Waals surface area contributed by atoms with Crippen LogP contribution in [0, 0.1) is 11.8 Å². The molecule has 1 aliphatic carbocycles. The zero-order valence-electron chi connectivity index (χ0n) is 13.6. The van der Waals surface area contributed by atoms with Gasteiger partial charge in [0.25, 0.3) is 10.1 Å². The summed E-state index contributed by atoms with van der Waals surface area (Å²) in [5, 5.41) is 0. The van der Waals surface area contributed by atoms with Crippen LogP contribution in [0.15, 0.2) is 0 Å². The third-order valence-electron chi connectivity index (χ3n) is 4.17. The van der Waals surface area contributed by atoms with Gasteiger partial charge in [-0.1, -0.05) is 12.8 Å². The minimum atomic E-state index is -5.18. The molecule has 1 heterocycles. The molecule has 150 valence electrons. The van der Waals surface area contributed by atoms with Crippen molar-refractivity contribution in [3.05, 3.63) is 0 Å². The van der Waals surface area contributed by atoms with Crippen LogP contribution in [-0.2, 0) is 33.9 Å². The first-order chi connectivity index (χ1) is 12.0. The first-order valence-electron chi connectivity index (χ1n) is 7.98. The van der Waals surface area contributed by atoms with Gasteiger partial charge in [-0.05, 0) is 12.8 Å². The number of carbonyl (C=O) groups is 2. The maximum Gasteiger partial charge on any atom is 0.426 e. The molecule has 4 atom stereocenters. The Kier molecular flexibility index (Phi) is 6.51. The van der Waals surface area contributed by atoms with Gasteiger partial charge in [0.2, 0.25) is 6.10 Å². The minimum Gasteiger partial charge on any atom is -0.463 e. The molecule has 1 saturated carbocycles. The van der Waals surface area contributed by atoms with Crippen LogP contribution in [0.25, 0.3) is 0 Å². The number of rotatable bonds is 7. The first-order valence-corrected chi connectivity index (χ1v) is 9.59. The average Bonchev–Trinajstić information content (AvgIpc) is 3.34. The summed E-state index contributed by atoms with van der Waals surface area (Å²) in [5.74, 6) is -5.98. The van der Waals surface area contributed by atoms with Gasteiger partial charge in [0.05, 0.1) is 18.4 Å². The van der Waals surface area contributed by atoms with Crippen LogP contribution in [0.4, 0.5) is 13.2 Å². The summed E-state index contributed by atoms with van der Waals surface area (Å²) in [4.78, 5) is 24.3. The third kappa shape index (κ3) is 6.40. The Morgan fingerprint density at radius 3 is 2.15 bits per heavy atom. The van der Waals surface area contributed by atoms with Crippen LogP contribution in [0.1, 0.15) is 25.7 Å². The van der Waals surface area contributed by atoms with Crippen molar-refractivity contribution in [3.63, 3.8) is 0 Å². The van der Waals surface area contributed by atoms with Gasteiger partial charge in [-0.3, -0.25) is 14.1 Å². The Labute approximate surface area is 147 Å². The molecule has 2 fully saturated rings. The van der Waals surface area contributed by atoms with Crippen LogP contribution < -0.4 is 0 Å². The molecule has 0 aromatic heterocycles. The van der Waals surface area contributed by atoms with Crippen LogP contribution in [0.3, 0.4) is 0 Å². The maximum absolute atomic E-state index is 12.9. The molecule has 1 saturated heterocycles. The van der Waals surface area contributed by atoms with Gasteiger partial charge in [-0.15, -0.1) is 0 Å². The summed E-state index contributed by atoms with van der Waals surface area (Å²) in [7, 11) is -5.03. The van der Waals surface area contributed by atoms with E-state index in [0.717, 1.165) is 0 Å². The van der Waals surface area contributed by atoms with Gasteiger partial charge in [-0.25, -0.2) is 0 Å². The Hall–Kier alpha value is -1.40. The fourth-order valence-electron chi connectivity index (χ4n) is 2.76. The summed E-state index contributed by atoms with van der Waals surface area (Å²) < 4.78 is 83.0. The SMILES string of the molecule is O=C(OCC1CO1)C1CCCCC1C(=O)OC(CS(=O)(=O)O)C(F)(F)F. The lowest BCUT2D eigenvalue weighted by molar-refractivity contribution is -0.219. The number of carbonyl (C=O) groups excluding carboxylic acids is 2. The lowest BCUT2D eigenvalue weighted by Crippen LogP contribution is -2.43. The molecule has 0 aromatic carbocycles. The van der Waals surface area contributed by atoms with Gasteiger partial charge >= 0.3 is 18.1 Å². The Bertz CT molecular complexity index is 629. The van der Waals surface area contributed by atoms with Gasteiger partial charge in [0.1, 0.15) is 18.5 Å². The smallest absolute Gasteiger partial charge is 0.426 e. The van der Waals surface area contributed by atoms with Gasteiger partial charge in [-0.2, -0.15) is 21.6 Å². The predicted molar refractivity (Wildman–Crippen MR) is 78.5 cm³/mol. The number of alkyl halides is 3. The van der Waals surface area contributed by atoms with E-state index in [1.165, 1.54) is 0 Å². The minimum absolute atomic E-state index is 0.00499. The van der Waals surface area contributed by atoms with E-state index in [9.17, 15) is 31.2 Å². The summed E-state index contributed by atoms with van der Waals surface area (Å²) >= 11 is 0. The summed E-state index contributed by atoms with van der Waals surface area (Å²) in [6.45, 7) is 0.456. The molecule has 2 aliphatic rings. The van der Waals surface area contributed by atoms with Crippen LogP contribution in [-0.4, -0.2) is 62.3 Å². The van der Waals surface area contributed by atoms with Crippen LogP contribution >= 0.6 is 0 Å². The number of ether oxygens (including phenoxy) is 3. The maximum atomic E-state index is 12.9. The quantitative estimate of drug-likeness (QED) is 0.381. The second-order valence-electron chi connectivity index (χ2n) is 6.30. The van der Waals surface area contributed by atoms with Crippen LogP contribution in [0.5, 0.6) is 0 Å². The van der Waals surface area contributed by atoms with E-state index in [4.69, 9.17) is 14.0 Å². The predicted octanol–water partition coefficient (Wildman–Crippen LogP) is 1.10. The molecule has 0 spiro atoms. The summed E-state index contributed by atoms with van der Waals surface area (Å²) in [6.07, 6.45) is -6.92. The topological polar surface area (TPSA) is 119 Å². The van der Waals surface area contributed by atoms with Gasteiger partial charge < -0.3 is 14.2 Å². The molecule has 26 heavy (non-hydrogen) atoms. The van der Waals surface area contributed by atoms with Crippen LogP contribution in [0.2, 0.25) is 0 Å². The van der Waals surface area contributed by atoms with Gasteiger partial charge in [0.15, 0.2) is 0 Å². The standard InChI is InChI=1S/C14H19F3O8S/c15-14(16,17)11(7-26(20,21)22)25-13(19)10-4-2-1-3-9(10)12(18)24-6-8-5-23-8/h8-11H,1-7H2,(H,20,21,22). The molecule has 0 amide bonds. The third-order valence-corrected chi connectivity index (χ3v) is 4.89.